The van der Waals surface area contributed by atoms with Crippen molar-refractivity contribution in [3.8, 4) is 5.75 Å². The van der Waals surface area contributed by atoms with Gasteiger partial charge in [0.2, 0.25) is 5.91 Å². The monoisotopic (exact) mass is 558 g/mol. The number of benzene rings is 3. The number of carbonyl (C=O) groups excluding carboxylic acids is 1. The van der Waals surface area contributed by atoms with Gasteiger partial charge in [0.15, 0.2) is 0 Å². The fourth-order valence-electron chi connectivity index (χ4n) is 4.25. The summed E-state index contributed by atoms with van der Waals surface area (Å²) in [6.07, 6.45) is 5.79. The molecule has 0 bridgehead atoms. The van der Waals surface area contributed by atoms with Gasteiger partial charge < -0.3 is 20.3 Å². The zero-order valence-corrected chi connectivity index (χ0v) is 23.4. The van der Waals surface area contributed by atoms with Crippen LogP contribution in [0.2, 0.25) is 0 Å². The summed E-state index contributed by atoms with van der Waals surface area (Å²) in [5, 5.41) is 22.0. The molecule has 1 atom stereocenters. The van der Waals surface area contributed by atoms with E-state index < -0.39 is 18.0 Å². The number of aliphatic carboxylic acids is 2. The Morgan fingerprint density at radius 3 is 2.24 bits per heavy atom. The van der Waals surface area contributed by atoms with Crippen LogP contribution >= 0.6 is 0 Å². The Morgan fingerprint density at radius 1 is 0.902 bits per heavy atom. The Morgan fingerprint density at radius 2 is 1.61 bits per heavy atom. The molecule has 0 aliphatic carbocycles. The average Bonchev–Trinajstić information content (AvgIpc) is 2.96. The lowest BCUT2D eigenvalue weighted by molar-refractivity contribution is -0.144. The standard InChI is InChI=1S/C33H38N2O6/c1-2-3-11-31(36)34-28-16-12-25(13-17-28)10-7-22-35(30(33(39)40)20-21-32(37)38)23-26-14-18-29(19-15-26)41-24-27-8-5-4-6-9-27/h4-10,12-19,30H,2-3,11,20-24H2,1H3,(H,34,36)(H,37,38)(H,39,40)/b10-7+/t30-/m0/s1. The fraction of sp³-hybridized carbons (Fsp3) is 0.303. The molecule has 3 aromatic rings. The Hall–Kier alpha value is -4.43. The highest BCUT2D eigenvalue weighted by molar-refractivity contribution is 5.90. The van der Waals surface area contributed by atoms with Gasteiger partial charge in [0, 0.05) is 31.6 Å². The summed E-state index contributed by atoms with van der Waals surface area (Å²) in [6.45, 7) is 3.11. The Bertz CT molecular complexity index is 1270. The molecular weight excluding hydrogens is 520 g/mol. The van der Waals surface area contributed by atoms with E-state index in [0.717, 1.165) is 35.2 Å². The highest BCUT2D eigenvalue weighted by Gasteiger charge is 2.25. The molecule has 0 unspecified atom stereocenters. The number of ether oxygens (including phenoxy) is 1. The summed E-state index contributed by atoms with van der Waals surface area (Å²) in [6, 6.07) is 23.8. The molecule has 216 valence electrons. The van der Waals surface area contributed by atoms with Crippen molar-refractivity contribution in [2.24, 2.45) is 0 Å². The predicted octanol–water partition coefficient (Wildman–Crippen LogP) is 6.23. The molecule has 0 aliphatic rings. The van der Waals surface area contributed by atoms with Gasteiger partial charge in [0.05, 0.1) is 0 Å². The molecule has 3 rings (SSSR count). The number of rotatable bonds is 17. The number of anilines is 1. The van der Waals surface area contributed by atoms with E-state index in [2.05, 4.69) is 5.32 Å². The number of amides is 1. The molecule has 0 aromatic heterocycles. The van der Waals surface area contributed by atoms with Crippen LogP contribution in [-0.4, -0.2) is 45.5 Å². The van der Waals surface area contributed by atoms with Gasteiger partial charge in [-0.05, 0) is 53.8 Å². The number of nitrogens with one attached hydrogen (secondary N) is 1. The van der Waals surface area contributed by atoms with E-state index in [4.69, 9.17) is 9.84 Å². The third-order valence-electron chi connectivity index (χ3n) is 6.52. The molecule has 41 heavy (non-hydrogen) atoms. The maximum absolute atomic E-state index is 12.1. The number of carboxylic acids is 2. The molecule has 0 saturated heterocycles. The van der Waals surface area contributed by atoms with E-state index in [9.17, 15) is 19.5 Å². The highest BCUT2D eigenvalue weighted by Crippen LogP contribution is 2.19. The lowest BCUT2D eigenvalue weighted by atomic mass is 10.1. The third-order valence-corrected chi connectivity index (χ3v) is 6.52. The van der Waals surface area contributed by atoms with Gasteiger partial charge in [0.1, 0.15) is 18.4 Å². The van der Waals surface area contributed by atoms with Crippen LogP contribution in [0.5, 0.6) is 5.75 Å². The summed E-state index contributed by atoms with van der Waals surface area (Å²) < 4.78 is 5.86. The SMILES string of the molecule is CCCCC(=O)Nc1ccc(/C=C/CN(Cc2ccc(OCc3ccccc3)cc2)[C@@H](CCC(=O)O)C(=O)O)cc1. The molecule has 0 spiro atoms. The Labute approximate surface area is 241 Å². The van der Waals surface area contributed by atoms with Crippen LogP contribution in [0.25, 0.3) is 6.08 Å². The number of hydrogen-bond donors (Lipinski definition) is 3. The predicted molar refractivity (Wildman–Crippen MR) is 160 cm³/mol. The van der Waals surface area contributed by atoms with Crippen LogP contribution in [0.3, 0.4) is 0 Å². The summed E-state index contributed by atoms with van der Waals surface area (Å²) in [5.74, 6) is -1.41. The minimum atomic E-state index is -1.06. The minimum absolute atomic E-state index is 0.0107. The topological polar surface area (TPSA) is 116 Å². The quantitative estimate of drug-likeness (QED) is 0.180. The fourth-order valence-corrected chi connectivity index (χ4v) is 4.25. The highest BCUT2D eigenvalue weighted by atomic mass is 16.5. The summed E-state index contributed by atoms with van der Waals surface area (Å²) in [7, 11) is 0. The molecule has 3 aromatic carbocycles. The van der Waals surface area contributed by atoms with Crippen LogP contribution in [0.1, 0.15) is 55.7 Å². The van der Waals surface area contributed by atoms with Gasteiger partial charge in [-0.25, -0.2) is 0 Å². The first kappa shape index (κ1) is 31.1. The van der Waals surface area contributed by atoms with Gasteiger partial charge in [-0.15, -0.1) is 0 Å². The van der Waals surface area contributed by atoms with Crippen molar-refractivity contribution in [3.63, 3.8) is 0 Å². The van der Waals surface area contributed by atoms with Crippen molar-refractivity contribution in [1.82, 2.24) is 4.90 Å². The first-order valence-corrected chi connectivity index (χ1v) is 13.8. The number of hydrogen-bond acceptors (Lipinski definition) is 5. The second-order valence-corrected chi connectivity index (χ2v) is 9.81. The van der Waals surface area contributed by atoms with Crippen molar-refractivity contribution >= 4 is 29.6 Å². The third kappa shape index (κ3) is 11.3. The van der Waals surface area contributed by atoms with E-state index >= 15 is 0 Å². The minimum Gasteiger partial charge on any atom is -0.489 e. The molecule has 0 aliphatic heterocycles. The molecule has 0 fully saturated rings. The number of unbranched alkanes of at least 4 members (excludes halogenated alkanes) is 1. The van der Waals surface area contributed by atoms with Gasteiger partial charge in [-0.1, -0.05) is 80.1 Å². The van der Waals surface area contributed by atoms with Crippen LogP contribution in [0.15, 0.2) is 84.9 Å². The Kier molecular flexibility index (Phi) is 12.6. The van der Waals surface area contributed by atoms with Crippen molar-refractivity contribution < 1.29 is 29.3 Å². The van der Waals surface area contributed by atoms with E-state index in [1.807, 2.05) is 97.9 Å². The number of nitrogens with zero attached hydrogens (tertiary/aromatic N) is 1. The van der Waals surface area contributed by atoms with Gasteiger partial charge in [-0.2, -0.15) is 0 Å². The average molecular weight is 559 g/mol. The summed E-state index contributed by atoms with van der Waals surface area (Å²) in [5.41, 5.74) is 3.56. The van der Waals surface area contributed by atoms with Crippen molar-refractivity contribution in [3.05, 3.63) is 102 Å². The van der Waals surface area contributed by atoms with Crippen LogP contribution in [0.4, 0.5) is 5.69 Å². The second-order valence-electron chi connectivity index (χ2n) is 9.81. The van der Waals surface area contributed by atoms with Crippen molar-refractivity contribution in [1.29, 1.82) is 0 Å². The van der Waals surface area contributed by atoms with Crippen LogP contribution in [-0.2, 0) is 27.5 Å². The van der Waals surface area contributed by atoms with Crippen LogP contribution < -0.4 is 10.1 Å². The van der Waals surface area contributed by atoms with Crippen molar-refractivity contribution in [2.45, 2.75) is 58.2 Å². The maximum Gasteiger partial charge on any atom is 0.320 e. The molecule has 0 radical (unpaired) electrons. The molecule has 8 heteroatoms. The maximum atomic E-state index is 12.1. The largest absolute Gasteiger partial charge is 0.489 e. The zero-order chi connectivity index (χ0) is 29.5. The summed E-state index contributed by atoms with van der Waals surface area (Å²) >= 11 is 0. The molecule has 0 heterocycles. The first-order valence-electron chi connectivity index (χ1n) is 13.8. The van der Waals surface area contributed by atoms with Gasteiger partial charge in [0.25, 0.3) is 0 Å². The molecule has 3 N–H and O–H groups in total. The molecular formula is C33H38N2O6. The molecule has 0 saturated carbocycles. The van der Waals surface area contributed by atoms with Gasteiger partial charge >= 0.3 is 11.9 Å². The van der Waals surface area contributed by atoms with Crippen molar-refractivity contribution in [2.75, 3.05) is 11.9 Å². The van der Waals surface area contributed by atoms with Gasteiger partial charge in [-0.3, -0.25) is 19.3 Å². The van der Waals surface area contributed by atoms with E-state index in [1.54, 1.807) is 4.90 Å². The normalized spacial score (nSPS) is 11.9. The smallest absolute Gasteiger partial charge is 0.320 e. The first-order chi connectivity index (χ1) is 19.8. The van der Waals surface area contributed by atoms with E-state index in [1.165, 1.54) is 0 Å². The number of carbonyl (C=O) groups is 3. The van der Waals surface area contributed by atoms with Crippen LogP contribution in [0, 0.1) is 0 Å². The molecule has 8 nitrogen and oxygen atoms in total. The van der Waals surface area contributed by atoms with E-state index in [-0.39, 0.29) is 18.7 Å². The number of carboxylic acid groups (broad SMARTS) is 2. The zero-order valence-electron chi connectivity index (χ0n) is 23.4. The molecule has 1 amide bonds. The second kappa shape index (κ2) is 16.6. The Balaban J connectivity index is 1.66. The lowest BCUT2D eigenvalue weighted by Gasteiger charge is -2.27. The lowest BCUT2D eigenvalue weighted by Crippen LogP contribution is -2.41. The summed E-state index contributed by atoms with van der Waals surface area (Å²) in [4.78, 5) is 37.0. The van der Waals surface area contributed by atoms with E-state index in [0.29, 0.717) is 31.9 Å².